The second-order valence-electron chi connectivity index (χ2n) is 4.50. The Labute approximate surface area is 147 Å². The number of urea groups is 1. The summed E-state index contributed by atoms with van der Waals surface area (Å²) >= 11 is 11.6. The molecule has 0 fully saturated rings. The third-order valence-electron chi connectivity index (χ3n) is 2.81. The molecule has 0 saturated heterocycles. The van der Waals surface area contributed by atoms with Gasteiger partial charge in [-0.05, 0) is 36.2 Å². The minimum Gasteiger partial charge on any atom is -0.495 e. The molecule has 1 aromatic heterocycles. The van der Waals surface area contributed by atoms with Crippen molar-refractivity contribution in [1.29, 1.82) is 0 Å². The van der Waals surface area contributed by atoms with Gasteiger partial charge in [0.2, 0.25) is 0 Å². The highest BCUT2D eigenvalue weighted by Crippen LogP contribution is 2.30. The maximum Gasteiger partial charge on any atom is 0.338 e. The van der Waals surface area contributed by atoms with E-state index in [0.29, 0.717) is 11.4 Å². The first kappa shape index (κ1) is 17.6. The van der Waals surface area contributed by atoms with Crippen molar-refractivity contribution in [1.82, 2.24) is 15.4 Å². The molecule has 24 heavy (non-hydrogen) atoms. The van der Waals surface area contributed by atoms with Crippen LogP contribution in [0.5, 0.6) is 5.75 Å². The van der Waals surface area contributed by atoms with Crippen molar-refractivity contribution in [2.75, 3.05) is 17.9 Å². The quantitative estimate of drug-likeness (QED) is 0.434. The van der Waals surface area contributed by atoms with Crippen LogP contribution < -0.4 is 20.9 Å². The summed E-state index contributed by atoms with van der Waals surface area (Å²) in [5.41, 5.74) is 6.27. The lowest BCUT2D eigenvalue weighted by molar-refractivity contribution is 0.253. The zero-order valence-electron chi connectivity index (χ0n) is 12.6. The van der Waals surface area contributed by atoms with Crippen LogP contribution in [0.1, 0.15) is 5.56 Å². The molecule has 3 N–H and O–H groups in total. The number of carbonyl (C=O) groups excluding carboxylic acids is 1. The molecule has 2 aromatic rings. The number of hydrogen-bond acceptors (Lipinski definition) is 5. The minimum absolute atomic E-state index is 0.00836. The number of amides is 2. The number of carbonyl (C=O) groups is 1. The second-order valence-corrected chi connectivity index (χ2v) is 5.21. The van der Waals surface area contributed by atoms with Gasteiger partial charge in [-0.25, -0.2) is 4.79 Å². The summed E-state index contributed by atoms with van der Waals surface area (Å²) in [7, 11) is 1.50. The smallest absolute Gasteiger partial charge is 0.338 e. The number of rotatable bonds is 4. The Morgan fingerprint density at radius 1 is 1.33 bits per heavy atom. The standard InChI is InChI=1S/C14H12Cl2N6O2/c1-7-4-5-9(24-3)8(6-7)18-14(23)22-21-12-10(15)11(17-2)19-13(16)20-12/h4-6H,1,3H3,(H2,18,22,23)(H,19,20,21). The number of halogens is 2. The number of aryl methyl sites for hydroxylation is 1. The number of ether oxygens (including phenoxy) is 1. The molecule has 1 heterocycles. The van der Waals surface area contributed by atoms with E-state index in [0.717, 1.165) is 5.56 Å². The molecule has 0 atom stereocenters. The van der Waals surface area contributed by atoms with Crippen LogP contribution in [-0.2, 0) is 0 Å². The van der Waals surface area contributed by atoms with Crippen molar-refractivity contribution in [2.24, 2.45) is 0 Å². The van der Waals surface area contributed by atoms with Gasteiger partial charge < -0.3 is 14.9 Å². The van der Waals surface area contributed by atoms with E-state index in [1.54, 1.807) is 12.1 Å². The average molecular weight is 367 g/mol. The molecule has 124 valence electrons. The van der Waals surface area contributed by atoms with Gasteiger partial charge in [-0.15, -0.1) is 0 Å². The fourth-order valence-corrected chi connectivity index (χ4v) is 2.09. The summed E-state index contributed by atoms with van der Waals surface area (Å²) in [5, 5.41) is 2.39. The Bertz CT molecular complexity index is 822. The van der Waals surface area contributed by atoms with Gasteiger partial charge in [0.25, 0.3) is 5.82 Å². The molecular weight excluding hydrogens is 355 g/mol. The minimum atomic E-state index is -0.589. The number of benzene rings is 1. The fourth-order valence-electron chi connectivity index (χ4n) is 1.75. The number of nitrogens with one attached hydrogen (secondary N) is 3. The highest BCUT2D eigenvalue weighted by Gasteiger charge is 2.14. The number of aromatic nitrogens is 2. The molecule has 1 aromatic carbocycles. The van der Waals surface area contributed by atoms with Crippen molar-refractivity contribution < 1.29 is 9.53 Å². The third-order valence-corrected chi connectivity index (χ3v) is 3.33. The van der Waals surface area contributed by atoms with Crippen LogP contribution in [-0.4, -0.2) is 23.1 Å². The predicted molar refractivity (Wildman–Crippen MR) is 91.8 cm³/mol. The molecule has 0 aliphatic heterocycles. The van der Waals surface area contributed by atoms with Gasteiger partial charge in [0.05, 0.1) is 12.8 Å². The van der Waals surface area contributed by atoms with E-state index in [9.17, 15) is 4.79 Å². The van der Waals surface area contributed by atoms with Crippen LogP contribution in [0.3, 0.4) is 0 Å². The van der Waals surface area contributed by atoms with Crippen LogP contribution in [0.25, 0.3) is 4.85 Å². The zero-order valence-corrected chi connectivity index (χ0v) is 14.2. The predicted octanol–water partition coefficient (Wildman–Crippen LogP) is 3.80. The molecule has 0 saturated carbocycles. The Kier molecular flexibility index (Phi) is 5.63. The maximum atomic E-state index is 12.0. The number of hydrogen-bond donors (Lipinski definition) is 3. The van der Waals surface area contributed by atoms with E-state index < -0.39 is 6.03 Å². The largest absolute Gasteiger partial charge is 0.495 e. The molecule has 8 nitrogen and oxygen atoms in total. The molecule has 0 unspecified atom stereocenters. The highest BCUT2D eigenvalue weighted by atomic mass is 35.5. The first-order valence-corrected chi connectivity index (χ1v) is 7.28. The Balaban J connectivity index is 2.09. The van der Waals surface area contributed by atoms with E-state index >= 15 is 0 Å². The number of methoxy groups -OCH3 is 1. The fraction of sp³-hybridized carbons (Fsp3) is 0.143. The summed E-state index contributed by atoms with van der Waals surface area (Å²) in [6.07, 6.45) is 0. The number of nitrogens with zero attached hydrogens (tertiary/aromatic N) is 3. The van der Waals surface area contributed by atoms with Crippen LogP contribution >= 0.6 is 23.2 Å². The van der Waals surface area contributed by atoms with Gasteiger partial charge in [-0.3, -0.25) is 10.9 Å². The molecule has 0 aliphatic carbocycles. The molecule has 0 radical (unpaired) electrons. The van der Waals surface area contributed by atoms with Gasteiger partial charge in [0.15, 0.2) is 5.82 Å². The summed E-state index contributed by atoms with van der Waals surface area (Å²) < 4.78 is 5.17. The van der Waals surface area contributed by atoms with E-state index in [4.69, 9.17) is 34.5 Å². The van der Waals surface area contributed by atoms with Crippen LogP contribution in [0.4, 0.5) is 22.1 Å². The summed E-state index contributed by atoms with van der Waals surface area (Å²) in [6, 6.07) is 4.76. The van der Waals surface area contributed by atoms with Gasteiger partial charge in [0.1, 0.15) is 10.8 Å². The molecule has 10 heteroatoms. The maximum absolute atomic E-state index is 12.0. The normalized spacial score (nSPS) is 9.79. The molecule has 2 amide bonds. The third kappa shape index (κ3) is 4.16. The van der Waals surface area contributed by atoms with Gasteiger partial charge in [0, 0.05) is 0 Å². The first-order chi connectivity index (χ1) is 11.4. The topological polar surface area (TPSA) is 92.5 Å². The van der Waals surface area contributed by atoms with E-state index in [1.165, 1.54) is 7.11 Å². The molecule has 0 bridgehead atoms. The summed E-state index contributed by atoms with van der Waals surface area (Å²) in [6.45, 7) is 8.84. The number of anilines is 2. The van der Waals surface area contributed by atoms with Crippen LogP contribution in [0, 0.1) is 13.5 Å². The Morgan fingerprint density at radius 2 is 2.08 bits per heavy atom. The Morgan fingerprint density at radius 3 is 2.75 bits per heavy atom. The van der Waals surface area contributed by atoms with Crippen molar-refractivity contribution in [2.45, 2.75) is 6.92 Å². The van der Waals surface area contributed by atoms with Crippen molar-refractivity contribution in [3.63, 3.8) is 0 Å². The van der Waals surface area contributed by atoms with Crippen molar-refractivity contribution in [3.05, 3.63) is 45.5 Å². The van der Waals surface area contributed by atoms with Gasteiger partial charge in [-0.1, -0.05) is 29.2 Å². The van der Waals surface area contributed by atoms with Gasteiger partial charge >= 0.3 is 11.3 Å². The molecule has 0 spiro atoms. The molecular formula is C14H12Cl2N6O2. The zero-order chi connectivity index (χ0) is 17.7. The second kappa shape index (κ2) is 7.68. The summed E-state index contributed by atoms with van der Waals surface area (Å²) in [4.78, 5) is 22.6. The van der Waals surface area contributed by atoms with E-state index in [2.05, 4.69) is 31.0 Å². The Hall–Kier alpha value is -2.76. The van der Waals surface area contributed by atoms with E-state index in [-0.39, 0.29) is 21.9 Å². The van der Waals surface area contributed by atoms with Crippen molar-refractivity contribution >= 4 is 46.6 Å². The van der Waals surface area contributed by atoms with Crippen molar-refractivity contribution in [3.8, 4) is 5.75 Å². The molecule has 0 aliphatic rings. The monoisotopic (exact) mass is 366 g/mol. The van der Waals surface area contributed by atoms with Crippen LogP contribution in [0.15, 0.2) is 18.2 Å². The lowest BCUT2D eigenvalue weighted by Crippen LogP contribution is -2.34. The SMILES string of the molecule is [C-]#[N+]c1nc(Cl)nc(NNC(=O)Nc2cc(C)ccc2OC)c1Cl. The van der Waals surface area contributed by atoms with Crippen LogP contribution in [0.2, 0.25) is 10.3 Å². The average Bonchev–Trinajstić information content (AvgIpc) is 2.55. The lowest BCUT2D eigenvalue weighted by Gasteiger charge is -2.13. The molecule has 2 rings (SSSR count). The first-order valence-electron chi connectivity index (χ1n) is 6.52. The highest BCUT2D eigenvalue weighted by molar-refractivity contribution is 6.36. The van der Waals surface area contributed by atoms with Gasteiger partial charge in [-0.2, -0.15) is 4.98 Å². The van der Waals surface area contributed by atoms with E-state index in [1.807, 2.05) is 13.0 Å². The number of hydrazine groups is 1. The lowest BCUT2D eigenvalue weighted by atomic mass is 10.2. The summed E-state index contributed by atoms with van der Waals surface area (Å²) in [5.74, 6) is 0.393.